The number of hydrogen-bond donors (Lipinski definition) is 1. The van der Waals surface area contributed by atoms with Gasteiger partial charge in [-0.3, -0.25) is 4.79 Å². The summed E-state index contributed by atoms with van der Waals surface area (Å²) in [5.74, 6) is -0.536. The van der Waals surface area contributed by atoms with Crippen LogP contribution in [0.4, 0.5) is 0 Å². The Morgan fingerprint density at radius 1 is 1.07 bits per heavy atom. The predicted molar refractivity (Wildman–Crippen MR) is 112 cm³/mol. The number of benzene rings is 2. The highest BCUT2D eigenvalue weighted by atomic mass is 16.4. The molecule has 1 unspecified atom stereocenters. The highest BCUT2D eigenvalue weighted by molar-refractivity contribution is 5.77. The van der Waals surface area contributed by atoms with Gasteiger partial charge in [-0.25, -0.2) is 0 Å². The molecule has 0 saturated carbocycles. The van der Waals surface area contributed by atoms with Crippen molar-refractivity contribution in [3.8, 4) is 0 Å². The Morgan fingerprint density at radius 3 is 2.26 bits per heavy atom. The van der Waals surface area contributed by atoms with Gasteiger partial charge in [-0.1, -0.05) is 81.4 Å². The smallest absolute Gasteiger partial charge is 0.311 e. The largest absolute Gasteiger partial charge is 0.481 e. The fourth-order valence-electron chi connectivity index (χ4n) is 4.01. The van der Waals surface area contributed by atoms with Crippen LogP contribution < -0.4 is 0 Å². The van der Waals surface area contributed by atoms with E-state index in [4.69, 9.17) is 0 Å². The molecule has 3 rings (SSSR count). The Balaban J connectivity index is 1.74. The van der Waals surface area contributed by atoms with Crippen LogP contribution >= 0.6 is 0 Å². The van der Waals surface area contributed by atoms with E-state index in [9.17, 15) is 9.90 Å². The van der Waals surface area contributed by atoms with Crippen LogP contribution in [0.2, 0.25) is 0 Å². The molecule has 0 radical (unpaired) electrons. The van der Waals surface area contributed by atoms with Crippen LogP contribution in [-0.4, -0.2) is 11.1 Å². The van der Waals surface area contributed by atoms with E-state index in [1.54, 1.807) is 0 Å². The first-order valence-corrected chi connectivity index (χ1v) is 9.90. The van der Waals surface area contributed by atoms with E-state index in [-0.39, 0.29) is 0 Å². The summed E-state index contributed by atoms with van der Waals surface area (Å²) in [5.41, 5.74) is 4.92. The molecule has 2 heteroatoms. The standard InChI is InChI=1S/C25H30O2/c1-25(2,3)22-15-13-20(14-16-22)19-9-11-21(12-10-19)23(24(26)27)17-18-7-5-4-6-8-18/h4-13,22-23H,14-17H2,1-3H3,(H,26,27)/t22?,23-/m1/s1. The fraction of sp³-hybridized carbons (Fsp3) is 0.400. The van der Waals surface area contributed by atoms with Gasteiger partial charge in [0.1, 0.15) is 0 Å². The van der Waals surface area contributed by atoms with Crippen LogP contribution in [-0.2, 0) is 11.2 Å². The van der Waals surface area contributed by atoms with Gasteiger partial charge < -0.3 is 5.11 Å². The lowest BCUT2D eigenvalue weighted by molar-refractivity contribution is -0.138. The van der Waals surface area contributed by atoms with Crippen LogP contribution in [0, 0.1) is 11.3 Å². The number of allylic oxidation sites excluding steroid dienone is 2. The maximum Gasteiger partial charge on any atom is 0.311 e. The van der Waals surface area contributed by atoms with Crippen molar-refractivity contribution in [3.05, 3.63) is 77.4 Å². The minimum absolute atomic E-state index is 0.359. The molecule has 0 aliphatic heterocycles. The molecule has 0 heterocycles. The predicted octanol–water partition coefficient (Wildman–Crippen LogP) is 6.33. The molecule has 142 valence electrons. The van der Waals surface area contributed by atoms with E-state index in [2.05, 4.69) is 39.0 Å². The summed E-state index contributed by atoms with van der Waals surface area (Å²) in [6, 6.07) is 18.0. The van der Waals surface area contributed by atoms with Crippen molar-refractivity contribution in [1.29, 1.82) is 0 Å². The summed E-state index contributed by atoms with van der Waals surface area (Å²) >= 11 is 0. The lowest BCUT2D eigenvalue weighted by Gasteiger charge is -2.33. The van der Waals surface area contributed by atoms with Crippen LogP contribution in [0.15, 0.2) is 60.7 Å². The van der Waals surface area contributed by atoms with E-state index in [0.29, 0.717) is 11.8 Å². The van der Waals surface area contributed by atoms with Gasteiger partial charge in [0.05, 0.1) is 5.92 Å². The summed E-state index contributed by atoms with van der Waals surface area (Å²) in [7, 11) is 0. The van der Waals surface area contributed by atoms with Gasteiger partial charge in [0.2, 0.25) is 0 Å². The summed E-state index contributed by atoms with van der Waals surface area (Å²) in [4.78, 5) is 11.8. The van der Waals surface area contributed by atoms with Crippen molar-refractivity contribution >= 4 is 11.5 Å². The Bertz CT molecular complexity index is 794. The third-order valence-corrected chi connectivity index (χ3v) is 5.90. The van der Waals surface area contributed by atoms with Crippen LogP contribution in [0.1, 0.15) is 62.6 Å². The summed E-state index contributed by atoms with van der Waals surface area (Å²) in [5, 5.41) is 9.70. The molecule has 2 nitrogen and oxygen atoms in total. The van der Waals surface area contributed by atoms with Crippen molar-refractivity contribution < 1.29 is 9.90 Å². The molecule has 2 aromatic carbocycles. The molecule has 0 aromatic heterocycles. The summed E-state index contributed by atoms with van der Waals surface area (Å²) < 4.78 is 0. The van der Waals surface area contributed by atoms with Gasteiger partial charge in [-0.2, -0.15) is 0 Å². The van der Waals surface area contributed by atoms with Crippen molar-refractivity contribution in [2.45, 2.75) is 52.4 Å². The Kier molecular flexibility index (Phi) is 5.84. The maximum atomic E-state index is 11.8. The third-order valence-electron chi connectivity index (χ3n) is 5.90. The molecule has 1 aliphatic carbocycles. The lowest BCUT2D eigenvalue weighted by atomic mass is 9.72. The summed E-state index contributed by atoms with van der Waals surface area (Å²) in [6.07, 6.45) is 6.36. The zero-order chi connectivity index (χ0) is 19.4. The van der Waals surface area contributed by atoms with Crippen molar-refractivity contribution in [1.82, 2.24) is 0 Å². The normalized spacial score (nSPS) is 18.6. The Hall–Kier alpha value is -2.35. The minimum Gasteiger partial charge on any atom is -0.481 e. The second-order valence-corrected chi connectivity index (χ2v) is 8.77. The average molecular weight is 363 g/mol. The van der Waals surface area contributed by atoms with Crippen molar-refractivity contribution in [3.63, 3.8) is 0 Å². The average Bonchev–Trinajstić information content (AvgIpc) is 2.66. The molecule has 27 heavy (non-hydrogen) atoms. The molecule has 1 aliphatic rings. The molecule has 0 saturated heterocycles. The molecule has 0 amide bonds. The van der Waals surface area contributed by atoms with Crippen molar-refractivity contribution in [2.24, 2.45) is 11.3 Å². The van der Waals surface area contributed by atoms with Crippen LogP contribution in [0.5, 0.6) is 0 Å². The number of carboxylic acids is 1. The number of hydrogen-bond acceptors (Lipinski definition) is 1. The molecular weight excluding hydrogens is 332 g/mol. The van der Waals surface area contributed by atoms with Crippen LogP contribution in [0.3, 0.4) is 0 Å². The van der Waals surface area contributed by atoms with Gasteiger partial charge in [-0.15, -0.1) is 0 Å². The zero-order valence-electron chi connectivity index (χ0n) is 16.6. The Morgan fingerprint density at radius 2 is 1.74 bits per heavy atom. The first-order chi connectivity index (χ1) is 12.8. The summed E-state index contributed by atoms with van der Waals surface area (Å²) in [6.45, 7) is 6.97. The molecule has 2 atom stereocenters. The number of carbonyl (C=O) groups is 1. The first-order valence-electron chi connectivity index (χ1n) is 9.90. The van der Waals surface area contributed by atoms with Gasteiger partial charge in [0.15, 0.2) is 0 Å². The lowest BCUT2D eigenvalue weighted by Crippen LogP contribution is -2.22. The third kappa shape index (κ3) is 4.88. The van der Waals surface area contributed by atoms with Crippen molar-refractivity contribution in [2.75, 3.05) is 0 Å². The fourth-order valence-corrected chi connectivity index (χ4v) is 4.01. The van der Waals surface area contributed by atoms with E-state index in [0.717, 1.165) is 29.9 Å². The molecule has 0 bridgehead atoms. The first kappa shape index (κ1) is 19.4. The van der Waals surface area contributed by atoms with Crippen LogP contribution in [0.25, 0.3) is 5.57 Å². The molecule has 0 fully saturated rings. The second kappa shape index (κ2) is 8.12. The monoisotopic (exact) mass is 362 g/mol. The topological polar surface area (TPSA) is 37.3 Å². The van der Waals surface area contributed by atoms with E-state index in [1.807, 2.05) is 42.5 Å². The molecule has 1 N–H and O–H groups in total. The zero-order valence-corrected chi connectivity index (χ0v) is 16.6. The maximum absolute atomic E-state index is 11.8. The molecule has 0 spiro atoms. The van der Waals surface area contributed by atoms with Gasteiger partial charge in [0, 0.05) is 0 Å². The van der Waals surface area contributed by atoms with Gasteiger partial charge in [0.25, 0.3) is 0 Å². The number of carboxylic acid groups (broad SMARTS) is 1. The van der Waals surface area contributed by atoms with E-state index >= 15 is 0 Å². The SMILES string of the molecule is CC(C)(C)C1CC=C(c2ccc([C@@H](Cc3ccccc3)C(=O)O)cc2)CC1. The van der Waals surface area contributed by atoms with Gasteiger partial charge >= 0.3 is 5.97 Å². The molecule has 2 aromatic rings. The van der Waals surface area contributed by atoms with E-state index in [1.165, 1.54) is 17.6 Å². The quantitative estimate of drug-likeness (QED) is 0.675. The second-order valence-electron chi connectivity index (χ2n) is 8.77. The Labute approximate surface area is 162 Å². The highest BCUT2D eigenvalue weighted by Crippen LogP contribution is 2.39. The molecular formula is C25H30O2. The van der Waals surface area contributed by atoms with Gasteiger partial charge in [-0.05, 0) is 59.3 Å². The highest BCUT2D eigenvalue weighted by Gasteiger charge is 2.26. The number of rotatable bonds is 5. The minimum atomic E-state index is -0.767. The number of aliphatic carboxylic acids is 1. The van der Waals surface area contributed by atoms with E-state index < -0.39 is 11.9 Å².